The lowest BCUT2D eigenvalue weighted by molar-refractivity contribution is -0.153. The minimum atomic E-state index is -0.365. The molecule has 3 rings (SSSR count). The Hall–Kier alpha value is -2.67. The number of nitrogens with zero attached hydrogens (tertiary/aromatic N) is 3. The SMILES string of the molecule is Cc1ccc([C@@H](C)NC(=O)COC(=O)[C@H]2CCCN(c3ccc(Cl)nn3)C2)cc1C. The molecule has 0 radical (unpaired) electrons. The topological polar surface area (TPSA) is 84.4 Å². The molecule has 2 heterocycles. The second-order valence-electron chi connectivity index (χ2n) is 7.74. The van der Waals surface area contributed by atoms with Gasteiger partial charge in [0.05, 0.1) is 12.0 Å². The van der Waals surface area contributed by atoms with E-state index in [2.05, 4.69) is 21.6 Å². The molecule has 2 atom stereocenters. The Morgan fingerprint density at radius 3 is 2.73 bits per heavy atom. The zero-order chi connectivity index (χ0) is 21.7. The Kier molecular flexibility index (Phi) is 7.26. The number of halogens is 1. The second-order valence-corrected chi connectivity index (χ2v) is 8.13. The summed E-state index contributed by atoms with van der Waals surface area (Å²) in [5.41, 5.74) is 3.40. The van der Waals surface area contributed by atoms with Gasteiger partial charge in [-0.15, -0.1) is 10.2 Å². The highest BCUT2D eigenvalue weighted by Gasteiger charge is 2.28. The van der Waals surface area contributed by atoms with E-state index in [0.717, 1.165) is 24.9 Å². The summed E-state index contributed by atoms with van der Waals surface area (Å²) in [6.45, 7) is 6.98. The molecule has 0 unspecified atom stereocenters. The summed E-state index contributed by atoms with van der Waals surface area (Å²) in [4.78, 5) is 26.7. The average molecular weight is 431 g/mol. The predicted molar refractivity (Wildman–Crippen MR) is 115 cm³/mol. The van der Waals surface area contributed by atoms with E-state index in [1.165, 1.54) is 11.1 Å². The summed E-state index contributed by atoms with van der Waals surface area (Å²) >= 11 is 5.79. The largest absolute Gasteiger partial charge is 0.455 e. The van der Waals surface area contributed by atoms with E-state index in [4.69, 9.17) is 16.3 Å². The van der Waals surface area contributed by atoms with Crippen molar-refractivity contribution in [3.05, 3.63) is 52.2 Å². The molecule has 1 aliphatic rings. The zero-order valence-corrected chi connectivity index (χ0v) is 18.3. The highest BCUT2D eigenvalue weighted by Crippen LogP contribution is 2.23. The van der Waals surface area contributed by atoms with Crippen molar-refractivity contribution in [1.29, 1.82) is 0 Å². The number of aryl methyl sites for hydroxylation is 2. The van der Waals surface area contributed by atoms with Gasteiger partial charge in [-0.1, -0.05) is 29.8 Å². The summed E-state index contributed by atoms with van der Waals surface area (Å²) in [5, 5.41) is 11.1. The molecule has 1 fully saturated rings. The van der Waals surface area contributed by atoms with Crippen molar-refractivity contribution < 1.29 is 14.3 Å². The molecule has 0 aliphatic carbocycles. The van der Waals surface area contributed by atoms with E-state index >= 15 is 0 Å². The van der Waals surface area contributed by atoms with E-state index in [-0.39, 0.29) is 30.4 Å². The molecule has 1 aromatic heterocycles. The number of amides is 1. The van der Waals surface area contributed by atoms with Crippen molar-refractivity contribution in [1.82, 2.24) is 15.5 Å². The van der Waals surface area contributed by atoms with Crippen LogP contribution in [0.25, 0.3) is 0 Å². The van der Waals surface area contributed by atoms with Crippen LogP contribution in [-0.4, -0.2) is 41.8 Å². The van der Waals surface area contributed by atoms with E-state index < -0.39 is 0 Å². The summed E-state index contributed by atoms with van der Waals surface area (Å²) in [6, 6.07) is 9.38. The van der Waals surface area contributed by atoms with Crippen molar-refractivity contribution in [2.45, 2.75) is 39.7 Å². The van der Waals surface area contributed by atoms with Gasteiger partial charge in [-0.2, -0.15) is 0 Å². The van der Waals surface area contributed by atoms with Gasteiger partial charge < -0.3 is 15.0 Å². The first-order valence-corrected chi connectivity index (χ1v) is 10.5. The number of nitrogens with one attached hydrogen (secondary N) is 1. The van der Waals surface area contributed by atoms with Crippen LogP contribution in [0.15, 0.2) is 30.3 Å². The Morgan fingerprint density at radius 2 is 2.03 bits per heavy atom. The van der Waals surface area contributed by atoms with E-state index in [1.807, 2.05) is 37.8 Å². The third-order valence-electron chi connectivity index (χ3n) is 5.45. The van der Waals surface area contributed by atoms with Gasteiger partial charge in [-0.05, 0) is 62.4 Å². The Bertz CT molecular complexity index is 904. The number of benzene rings is 1. The van der Waals surface area contributed by atoms with Gasteiger partial charge in [0.2, 0.25) is 0 Å². The number of esters is 1. The molecular formula is C22H27ClN4O3. The number of anilines is 1. The molecule has 7 nitrogen and oxygen atoms in total. The summed E-state index contributed by atoms with van der Waals surface area (Å²) < 4.78 is 5.29. The van der Waals surface area contributed by atoms with Crippen LogP contribution in [0.3, 0.4) is 0 Å². The number of aromatic nitrogens is 2. The fraction of sp³-hybridized carbons (Fsp3) is 0.455. The number of hydrogen-bond acceptors (Lipinski definition) is 6. The van der Waals surface area contributed by atoms with E-state index in [0.29, 0.717) is 17.5 Å². The molecule has 1 amide bonds. The van der Waals surface area contributed by atoms with Gasteiger partial charge in [-0.3, -0.25) is 9.59 Å². The Morgan fingerprint density at radius 1 is 1.23 bits per heavy atom. The second kappa shape index (κ2) is 9.89. The lowest BCUT2D eigenvalue weighted by Crippen LogP contribution is -2.41. The zero-order valence-electron chi connectivity index (χ0n) is 17.5. The van der Waals surface area contributed by atoms with Crippen LogP contribution < -0.4 is 10.2 Å². The first kappa shape index (κ1) is 22.0. The van der Waals surface area contributed by atoms with Crippen molar-refractivity contribution in [3.8, 4) is 0 Å². The smallest absolute Gasteiger partial charge is 0.311 e. The number of hydrogen-bond donors (Lipinski definition) is 1. The summed E-state index contributed by atoms with van der Waals surface area (Å²) in [5.74, 6) is -0.307. The van der Waals surface area contributed by atoms with Gasteiger partial charge in [0.25, 0.3) is 5.91 Å². The number of carbonyl (C=O) groups excluding carboxylic acids is 2. The maximum absolute atomic E-state index is 12.5. The molecule has 0 saturated carbocycles. The van der Waals surface area contributed by atoms with Crippen molar-refractivity contribution in [2.75, 3.05) is 24.6 Å². The molecule has 0 bridgehead atoms. The van der Waals surface area contributed by atoms with Gasteiger partial charge in [0.1, 0.15) is 0 Å². The fourth-order valence-corrected chi connectivity index (χ4v) is 3.61. The molecule has 1 saturated heterocycles. The van der Waals surface area contributed by atoms with Crippen molar-refractivity contribution in [2.24, 2.45) is 5.92 Å². The monoisotopic (exact) mass is 430 g/mol. The highest BCUT2D eigenvalue weighted by molar-refractivity contribution is 6.29. The maximum atomic E-state index is 12.5. The minimum Gasteiger partial charge on any atom is -0.455 e. The standard InChI is InChI=1S/C22H27ClN4O3/c1-14-6-7-17(11-15(14)2)16(3)24-21(28)13-30-22(29)18-5-4-10-27(12-18)20-9-8-19(23)25-26-20/h6-9,11,16,18H,4-5,10,12-13H2,1-3H3,(H,24,28)/t16-,18+/m1/s1. The molecule has 1 aromatic carbocycles. The normalized spacial score (nSPS) is 17.3. The molecule has 1 N–H and O–H groups in total. The molecule has 30 heavy (non-hydrogen) atoms. The van der Waals surface area contributed by atoms with E-state index in [9.17, 15) is 9.59 Å². The first-order valence-electron chi connectivity index (χ1n) is 10.1. The highest BCUT2D eigenvalue weighted by atomic mass is 35.5. The lowest BCUT2D eigenvalue weighted by atomic mass is 9.98. The summed E-state index contributed by atoms with van der Waals surface area (Å²) in [7, 11) is 0. The lowest BCUT2D eigenvalue weighted by Gasteiger charge is -2.32. The minimum absolute atomic E-state index is 0.163. The third kappa shape index (κ3) is 5.69. The number of rotatable bonds is 6. The van der Waals surface area contributed by atoms with Crippen LogP contribution in [-0.2, 0) is 14.3 Å². The predicted octanol–water partition coefficient (Wildman–Crippen LogP) is 3.38. The molecule has 0 spiro atoms. The first-order chi connectivity index (χ1) is 14.3. The molecule has 2 aromatic rings. The molecule has 160 valence electrons. The van der Waals surface area contributed by atoms with Gasteiger partial charge in [0.15, 0.2) is 17.6 Å². The average Bonchev–Trinajstić information content (AvgIpc) is 2.74. The number of carbonyl (C=O) groups is 2. The number of ether oxygens (including phenoxy) is 1. The van der Waals surface area contributed by atoms with Crippen molar-refractivity contribution >= 4 is 29.3 Å². The third-order valence-corrected chi connectivity index (χ3v) is 5.65. The van der Waals surface area contributed by atoms with Crippen LogP contribution in [0.5, 0.6) is 0 Å². The Labute approximate surface area is 181 Å². The quantitative estimate of drug-likeness (QED) is 0.707. The van der Waals surface area contributed by atoms with Crippen LogP contribution in [0.1, 0.15) is 42.5 Å². The van der Waals surface area contributed by atoms with Crippen molar-refractivity contribution in [3.63, 3.8) is 0 Å². The number of piperidine rings is 1. The van der Waals surface area contributed by atoms with E-state index in [1.54, 1.807) is 12.1 Å². The molecule has 1 aliphatic heterocycles. The van der Waals surface area contributed by atoms with Gasteiger partial charge >= 0.3 is 5.97 Å². The summed E-state index contributed by atoms with van der Waals surface area (Å²) in [6.07, 6.45) is 1.55. The Balaban J connectivity index is 1.48. The van der Waals surface area contributed by atoms with Crippen LogP contribution in [0.2, 0.25) is 5.15 Å². The fourth-order valence-electron chi connectivity index (χ4n) is 3.51. The maximum Gasteiger partial charge on any atom is 0.311 e. The molecular weight excluding hydrogens is 404 g/mol. The van der Waals surface area contributed by atoms with Crippen LogP contribution in [0, 0.1) is 19.8 Å². The van der Waals surface area contributed by atoms with Crippen LogP contribution in [0.4, 0.5) is 5.82 Å². The van der Waals surface area contributed by atoms with Gasteiger partial charge in [0, 0.05) is 13.1 Å². The van der Waals surface area contributed by atoms with Crippen LogP contribution >= 0.6 is 11.6 Å². The molecule has 8 heteroatoms. The van der Waals surface area contributed by atoms with Gasteiger partial charge in [-0.25, -0.2) is 0 Å².